The highest BCUT2D eigenvalue weighted by Gasteiger charge is 2.34. The van der Waals surface area contributed by atoms with Crippen molar-refractivity contribution in [1.29, 1.82) is 0 Å². The lowest BCUT2D eigenvalue weighted by Crippen LogP contribution is -2.27. The van der Waals surface area contributed by atoms with Crippen LogP contribution in [0.4, 0.5) is 0 Å². The lowest BCUT2D eigenvalue weighted by Gasteiger charge is -2.35. The maximum Gasteiger partial charge on any atom is 0.0812 e. The average molecular weight is 275 g/mol. The summed E-state index contributed by atoms with van der Waals surface area (Å²) >= 11 is 0. The Kier molecular flexibility index (Phi) is 3.70. The molecular weight excluding hydrogens is 246 g/mol. The maximum absolute atomic E-state index is 10.4. The number of aromatic nitrogens is 1. The molecule has 20 heavy (non-hydrogen) atoms. The summed E-state index contributed by atoms with van der Waals surface area (Å²) < 4.78 is 2.51. The number of rotatable bonds is 1. The van der Waals surface area contributed by atoms with E-state index in [9.17, 15) is 5.11 Å². The van der Waals surface area contributed by atoms with Crippen LogP contribution in [0.3, 0.4) is 0 Å². The third-order valence-corrected chi connectivity index (χ3v) is 5.43. The van der Waals surface area contributed by atoms with Gasteiger partial charge in [-0.1, -0.05) is 33.6 Å². The average Bonchev–Trinajstić information content (AvgIpc) is 2.64. The Morgan fingerprint density at radius 2 is 2.00 bits per heavy atom. The van der Waals surface area contributed by atoms with Crippen LogP contribution in [0.1, 0.15) is 82.7 Å². The normalized spacial score (nSPS) is 33.5. The zero-order valence-electron chi connectivity index (χ0n) is 13.2. The van der Waals surface area contributed by atoms with E-state index in [1.807, 2.05) is 0 Å². The van der Waals surface area contributed by atoms with Gasteiger partial charge in [-0.2, -0.15) is 0 Å². The lowest BCUT2D eigenvalue weighted by atomic mass is 9.75. The Bertz CT molecular complexity index is 474. The van der Waals surface area contributed by atoms with Crippen LogP contribution in [-0.4, -0.2) is 9.67 Å². The molecule has 112 valence electrons. The molecule has 0 amide bonds. The van der Waals surface area contributed by atoms with E-state index in [1.54, 1.807) is 0 Å². The van der Waals surface area contributed by atoms with Gasteiger partial charge in [0.1, 0.15) is 0 Å². The van der Waals surface area contributed by atoms with Crippen molar-refractivity contribution < 1.29 is 5.11 Å². The third kappa shape index (κ3) is 2.67. The molecule has 1 fully saturated rings. The Morgan fingerprint density at radius 3 is 2.80 bits per heavy atom. The number of nitrogens with zero attached hydrogens (tertiary/aromatic N) is 1. The molecule has 2 aliphatic rings. The van der Waals surface area contributed by atoms with Gasteiger partial charge in [0.15, 0.2) is 0 Å². The predicted molar refractivity (Wildman–Crippen MR) is 82.8 cm³/mol. The molecule has 0 spiro atoms. The van der Waals surface area contributed by atoms with Gasteiger partial charge in [0.05, 0.1) is 6.10 Å². The van der Waals surface area contributed by atoms with Crippen LogP contribution in [0.2, 0.25) is 0 Å². The van der Waals surface area contributed by atoms with Crippen LogP contribution >= 0.6 is 0 Å². The molecule has 3 atom stereocenters. The van der Waals surface area contributed by atoms with Crippen molar-refractivity contribution >= 4 is 0 Å². The zero-order valence-corrected chi connectivity index (χ0v) is 13.2. The number of hydrogen-bond acceptors (Lipinski definition) is 1. The van der Waals surface area contributed by atoms with E-state index >= 15 is 0 Å². The molecule has 3 rings (SSSR count). The number of aliphatic hydroxyl groups is 1. The smallest absolute Gasteiger partial charge is 0.0812 e. The van der Waals surface area contributed by atoms with E-state index in [1.165, 1.54) is 43.4 Å². The van der Waals surface area contributed by atoms with Gasteiger partial charge in [-0.25, -0.2) is 0 Å². The van der Waals surface area contributed by atoms with Crippen molar-refractivity contribution in [3.8, 4) is 0 Å². The second-order valence-electron chi connectivity index (χ2n) is 7.95. The highest BCUT2D eigenvalue weighted by Crippen LogP contribution is 2.43. The summed E-state index contributed by atoms with van der Waals surface area (Å²) in [5.74, 6) is 0.883. The highest BCUT2D eigenvalue weighted by molar-refractivity contribution is 5.29. The number of fused-ring (bicyclic) bond motifs is 1. The van der Waals surface area contributed by atoms with Crippen LogP contribution in [0.5, 0.6) is 0 Å². The topological polar surface area (TPSA) is 25.2 Å². The van der Waals surface area contributed by atoms with Gasteiger partial charge in [0.25, 0.3) is 0 Å². The standard InChI is InChI=1S/C18H29NO/c1-13-5-4-6-14(8-7-13)19-10-9-15-16(19)11-18(2,3)12-17(15)20/h9-10,13-14,17,20H,4-8,11-12H2,1-3H3. The predicted octanol–water partition coefficient (Wildman–Crippen LogP) is 4.64. The van der Waals surface area contributed by atoms with Gasteiger partial charge < -0.3 is 9.67 Å². The molecule has 2 aliphatic carbocycles. The summed E-state index contributed by atoms with van der Waals surface area (Å²) in [5, 5.41) is 10.4. The fourth-order valence-electron chi connectivity index (χ4n) is 4.24. The summed E-state index contributed by atoms with van der Waals surface area (Å²) in [6, 6.07) is 2.83. The first-order valence-corrected chi connectivity index (χ1v) is 8.34. The van der Waals surface area contributed by atoms with Crippen LogP contribution in [0.25, 0.3) is 0 Å². The fraction of sp³-hybridized carbons (Fsp3) is 0.778. The molecule has 1 heterocycles. The van der Waals surface area contributed by atoms with Gasteiger partial charge in [-0.3, -0.25) is 0 Å². The summed E-state index contributed by atoms with van der Waals surface area (Å²) in [7, 11) is 0. The van der Waals surface area contributed by atoms with Crippen molar-refractivity contribution in [1.82, 2.24) is 4.57 Å². The monoisotopic (exact) mass is 275 g/mol. The summed E-state index contributed by atoms with van der Waals surface area (Å²) in [6.45, 7) is 6.96. The third-order valence-electron chi connectivity index (χ3n) is 5.43. The van der Waals surface area contributed by atoms with Crippen LogP contribution < -0.4 is 0 Å². The Balaban J connectivity index is 1.88. The maximum atomic E-state index is 10.4. The van der Waals surface area contributed by atoms with Gasteiger partial charge in [-0.15, -0.1) is 0 Å². The van der Waals surface area contributed by atoms with Crippen molar-refractivity contribution in [2.45, 2.75) is 77.9 Å². The molecule has 2 heteroatoms. The van der Waals surface area contributed by atoms with E-state index < -0.39 is 0 Å². The Labute approximate surface area is 123 Å². The first-order chi connectivity index (χ1) is 9.46. The van der Waals surface area contributed by atoms with Crippen molar-refractivity contribution in [3.05, 3.63) is 23.5 Å². The molecule has 0 aliphatic heterocycles. The highest BCUT2D eigenvalue weighted by atomic mass is 16.3. The second-order valence-corrected chi connectivity index (χ2v) is 7.95. The molecule has 0 aromatic carbocycles. The van der Waals surface area contributed by atoms with Gasteiger partial charge in [0.2, 0.25) is 0 Å². The molecule has 1 N–H and O–H groups in total. The molecule has 0 radical (unpaired) electrons. The first kappa shape index (κ1) is 14.2. The minimum Gasteiger partial charge on any atom is -0.388 e. The zero-order chi connectivity index (χ0) is 14.3. The quantitative estimate of drug-likeness (QED) is 0.742. The fourth-order valence-corrected chi connectivity index (χ4v) is 4.24. The molecule has 1 aromatic rings. The molecule has 3 unspecified atom stereocenters. The molecule has 1 saturated carbocycles. The Hall–Kier alpha value is -0.760. The van der Waals surface area contributed by atoms with E-state index in [0.29, 0.717) is 6.04 Å². The SMILES string of the molecule is CC1CCCC(n2ccc3c2CC(C)(C)CC3O)CC1. The number of hydrogen-bond donors (Lipinski definition) is 1. The van der Waals surface area contributed by atoms with Gasteiger partial charge >= 0.3 is 0 Å². The first-order valence-electron chi connectivity index (χ1n) is 8.34. The molecule has 1 aromatic heterocycles. The van der Waals surface area contributed by atoms with E-state index in [4.69, 9.17) is 0 Å². The van der Waals surface area contributed by atoms with Crippen LogP contribution in [0.15, 0.2) is 12.3 Å². The van der Waals surface area contributed by atoms with E-state index in [-0.39, 0.29) is 11.5 Å². The minimum atomic E-state index is -0.264. The van der Waals surface area contributed by atoms with Gasteiger partial charge in [-0.05, 0) is 49.5 Å². The molecule has 0 saturated heterocycles. The van der Waals surface area contributed by atoms with Crippen molar-refractivity contribution in [2.75, 3.05) is 0 Å². The molecular formula is C18H29NO. The van der Waals surface area contributed by atoms with Crippen LogP contribution in [-0.2, 0) is 6.42 Å². The largest absolute Gasteiger partial charge is 0.388 e. The van der Waals surface area contributed by atoms with E-state index in [2.05, 4.69) is 37.6 Å². The molecule has 2 nitrogen and oxygen atoms in total. The number of aliphatic hydroxyl groups excluding tert-OH is 1. The van der Waals surface area contributed by atoms with E-state index in [0.717, 1.165) is 18.8 Å². The lowest BCUT2D eigenvalue weighted by molar-refractivity contribution is 0.0972. The second kappa shape index (κ2) is 5.22. The molecule has 0 bridgehead atoms. The minimum absolute atomic E-state index is 0.223. The summed E-state index contributed by atoms with van der Waals surface area (Å²) in [5.41, 5.74) is 2.83. The summed E-state index contributed by atoms with van der Waals surface area (Å²) in [6.07, 6.45) is 10.7. The van der Waals surface area contributed by atoms with Crippen molar-refractivity contribution in [3.63, 3.8) is 0 Å². The van der Waals surface area contributed by atoms with Crippen molar-refractivity contribution in [2.24, 2.45) is 11.3 Å². The van der Waals surface area contributed by atoms with Crippen LogP contribution in [0, 0.1) is 11.3 Å². The Morgan fingerprint density at radius 1 is 1.20 bits per heavy atom. The summed E-state index contributed by atoms with van der Waals surface area (Å²) in [4.78, 5) is 0. The van der Waals surface area contributed by atoms with Gasteiger partial charge in [0, 0.05) is 23.5 Å².